The highest BCUT2D eigenvalue weighted by Crippen LogP contribution is 2.17. The van der Waals surface area contributed by atoms with Crippen LogP contribution in [0, 0.1) is 11.3 Å². The third-order valence-electron chi connectivity index (χ3n) is 2.33. The minimum Gasteiger partial charge on any atom is -0.383 e. The molecule has 0 bridgehead atoms. The number of anilines is 1. The van der Waals surface area contributed by atoms with Gasteiger partial charge in [0.05, 0.1) is 17.0 Å². The number of hydrogen-bond acceptors (Lipinski definition) is 5. The lowest BCUT2D eigenvalue weighted by atomic mass is 10.1. The largest absolute Gasteiger partial charge is 0.383 e. The lowest BCUT2D eigenvalue weighted by molar-refractivity contribution is 0.101. The van der Waals surface area contributed by atoms with Crippen molar-refractivity contribution in [2.24, 2.45) is 0 Å². The molecule has 0 aliphatic carbocycles. The van der Waals surface area contributed by atoms with E-state index in [1.54, 1.807) is 18.2 Å². The molecule has 0 heterocycles. The third-order valence-corrected chi connectivity index (χ3v) is 3.28. The fourth-order valence-electron chi connectivity index (χ4n) is 1.38. The van der Waals surface area contributed by atoms with Gasteiger partial charge >= 0.3 is 0 Å². The van der Waals surface area contributed by atoms with Gasteiger partial charge in [0, 0.05) is 18.4 Å². The maximum Gasteiger partial charge on any atom is 0.159 e. The zero-order valence-electron chi connectivity index (χ0n) is 10.2. The average Bonchev–Trinajstić information content (AvgIpc) is 2.27. The number of carbonyl (C=O) groups is 1. The summed E-state index contributed by atoms with van der Waals surface area (Å²) in [6, 6.07) is 6.66. The molecule has 0 amide bonds. The quantitative estimate of drug-likeness (QED) is 0.810. The summed E-state index contributed by atoms with van der Waals surface area (Å²) in [4.78, 5) is 11.2. The zero-order valence-corrected chi connectivity index (χ0v) is 11.0. The molecular weight excluding hydrogens is 252 g/mol. The van der Waals surface area contributed by atoms with Crippen molar-refractivity contribution in [3.8, 4) is 6.07 Å². The van der Waals surface area contributed by atoms with Gasteiger partial charge in [0.25, 0.3) is 0 Å². The van der Waals surface area contributed by atoms with Gasteiger partial charge in [0.15, 0.2) is 5.78 Å². The fraction of sp³-hybridized carbons (Fsp3) is 0.333. The second-order valence-electron chi connectivity index (χ2n) is 3.99. The molecule has 5 nitrogen and oxygen atoms in total. The van der Waals surface area contributed by atoms with Crippen molar-refractivity contribution in [3.63, 3.8) is 0 Å². The number of nitrogens with zero attached hydrogens (tertiary/aromatic N) is 1. The van der Waals surface area contributed by atoms with Gasteiger partial charge < -0.3 is 5.32 Å². The Morgan fingerprint density at radius 1 is 1.44 bits per heavy atom. The summed E-state index contributed by atoms with van der Waals surface area (Å²) in [7, 11) is -3.05. The van der Waals surface area contributed by atoms with Crippen LogP contribution in [0.25, 0.3) is 0 Å². The van der Waals surface area contributed by atoms with E-state index in [9.17, 15) is 13.2 Å². The number of benzene rings is 1. The molecule has 0 spiro atoms. The smallest absolute Gasteiger partial charge is 0.159 e. The first-order valence-electron chi connectivity index (χ1n) is 5.30. The molecule has 0 aliphatic heterocycles. The minimum absolute atomic E-state index is 0.0256. The van der Waals surface area contributed by atoms with Crippen molar-refractivity contribution in [1.82, 2.24) is 0 Å². The van der Waals surface area contributed by atoms with Gasteiger partial charge in [0.2, 0.25) is 0 Å². The van der Waals surface area contributed by atoms with Crippen molar-refractivity contribution >= 4 is 21.3 Å². The van der Waals surface area contributed by atoms with Crippen molar-refractivity contribution in [1.29, 1.82) is 5.26 Å². The van der Waals surface area contributed by atoms with E-state index >= 15 is 0 Å². The van der Waals surface area contributed by atoms with Gasteiger partial charge in [-0.15, -0.1) is 0 Å². The monoisotopic (exact) mass is 266 g/mol. The summed E-state index contributed by atoms with van der Waals surface area (Å²) < 4.78 is 22.0. The van der Waals surface area contributed by atoms with Crippen LogP contribution in [0.1, 0.15) is 22.8 Å². The first-order valence-corrected chi connectivity index (χ1v) is 7.36. The highest BCUT2D eigenvalue weighted by molar-refractivity contribution is 7.90. The van der Waals surface area contributed by atoms with E-state index in [2.05, 4.69) is 5.32 Å². The summed E-state index contributed by atoms with van der Waals surface area (Å²) in [5.41, 5.74) is 1.35. The van der Waals surface area contributed by atoms with E-state index in [0.29, 0.717) is 16.8 Å². The number of hydrogen-bond donors (Lipinski definition) is 1. The summed E-state index contributed by atoms with van der Waals surface area (Å²) in [5.74, 6) is -0.132. The van der Waals surface area contributed by atoms with E-state index in [-0.39, 0.29) is 18.1 Å². The highest BCUT2D eigenvalue weighted by Gasteiger charge is 2.07. The standard InChI is InChI=1S/C12H14N2O3S/c1-9(15)10-3-4-11(8-13)12(7-10)14-5-6-18(2,16)17/h3-4,7,14H,5-6H2,1-2H3. The number of nitriles is 1. The zero-order chi connectivity index (χ0) is 13.8. The SMILES string of the molecule is CC(=O)c1ccc(C#N)c(NCCS(C)(=O)=O)c1. The summed E-state index contributed by atoms with van der Waals surface area (Å²) in [6.45, 7) is 1.64. The van der Waals surface area contributed by atoms with Gasteiger partial charge in [0.1, 0.15) is 15.9 Å². The summed E-state index contributed by atoms with van der Waals surface area (Å²) >= 11 is 0. The highest BCUT2D eigenvalue weighted by atomic mass is 32.2. The molecule has 1 aromatic carbocycles. The molecule has 0 fully saturated rings. The number of carbonyl (C=O) groups excluding carboxylic acids is 1. The molecule has 0 aliphatic rings. The molecule has 0 radical (unpaired) electrons. The van der Waals surface area contributed by atoms with Crippen LogP contribution in [0.2, 0.25) is 0 Å². The number of nitrogens with one attached hydrogen (secondary N) is 1. The Hall–Kier alpha value is -1.87. The number of rotatable bonds is 5. The molecule has 1 aromatic rings. The van der Waals surface area contributed by atoms with Crippen molar-refractivity contribution in [2.75, 3.05) is 23.9 Å². The molecule has 0 atom stereocenters. The molecule has 1 rings (SSSR count). The van der Waals surface area contributed by atoms with Crippen LogP contribution in [0.3, 0.4) is 0 Å². The Bertz CT molecular complexity index is 600. The van der Waals surface area contributed by atoms with Crippen LogP contribution in [0.4, 0.5) is 5.69 Å². The summed E-state index contributed by atoms with van der Waals surface area (Å²) in [6.07, 6.45) is 1.14. The van der Waals surface area contributed by atoms with Gasteiger partial charge in [-0.25, -0.2) is 8.42 Å². The van der Waals surface area contributed by atoms with E-state index in [0.717, 1.165) is 6.26 Å². The van der Waals surface area contributed by atoms with Gasteiger partial charge in [-0.1, -0.05) is 0 Å². The van der Waals surface area contributed by atoms with Crippen molar-refractivity contribution in [2.45, 2.75) is 6.92 Å². The van der Waals surface area contributed by atoms with Gasteiger partial charge in [-0.05, 0) is 25.1 Å². The van der Waals surface area contributed by atoms with Crippen LogP contribution in [-0.4, -0.2) is 32.8 Å². The molecule has 18 heavy (non-hydrogen) atoms. The second kappa shape index (κ2) is 5.65. The number of Topliss-reactive ketones (excluding diaryl/α,β-unsaturated/α-hetero) is 1. The van der Waals surface area contributed by atoms with Gasteiger partial charge in [-0.2, -0.15) is 5.26 Å². The Morgan fingerprint density at radius 3 is 2.61 bits per heavy atom. The first-order chi connectivity index (χ1) is 8.33. The molecule has 6 heteroatoms. The molecular formula is C12H14N2O3S. The number of ketones is 1. The molecule has 1 N–H and O–H groups in total. The fourth-order valence-corrected chi connectivity index (χ4v) is 1.85. The number of sulfone groups is 1. The normalized spacial score (nSPS) is 10.7. The maximum absolute atomic E-state index is 11.2. The molecule has 0 unspecified atom stereocenters. The van der Waals surface area contributed by atoms with E-state index < -0.39 is 9.84 Å². The first kappa shape index (κ1) is 14.2. The van der Waals surface area contributed by atoms with E-state index in [4.69, 9.17) is 5.26 Å². The van der Waals surface area contributed by atoms with Crippen molar-refractivity contribution < 1.29 is 13.2 Å². The molecule has 0 aromatic heterocycles. The predicted molar refractivity (Wildman–Crippen MR) is 69.4 cm³/mol. The lowest BCUT2D eigenvalue weighted by Gasteiger charge is -2.08. The Kier molecular flexibility index (Phi) is 4.45. The Morgan fingerprint density at radius 2 is 2.11 bits per heavy atom. The van der Waals surface area contributed by atoms with Crippen LogP contribution in [0.15, 0.2) is 18.2 Å². The third kappa shape index (κ3) is 4.18. The Labute approximate surface area is 106 Å². The van der Waals surface area contributed by atoms with Crippen LogP contribution in [-0.2, 0) is 9.84 Å². The van der Waals surface area contributed by atoms with Crippen molar-refractivity contribution in [3.05, 3.63) is 29.3 Å². The maximum atomic E-state index is 11.2. The lowest BCUT2D eigenvalue weighted by Crippen LogP contribution is -2.15. The topological polar surface area (TPSA) is 87.0 Å². The average molecular weight is 266 g/mol. The van der Waals surface area contributed by atoms with E-state index in [1.807, 2.05) is 6.07 Å². The molecule has 0 saturated carbocycles. The second-order valence-corrected chi connectivity index (χ2v) is 6.24. The summed E-state index contributed by atoms with van der Waals surface area (Å²) in [5, 5.41) is 11.8. The Balaban J connectivity index is 2.89. The van der Waals surface area contributed by atoms with Crippen LogP contribution in [0.5, 0.6) is 0 Å². The minimum atomic E-state index is -3.05. The van der Waals surface area contributed by atoms with Gasteiger partial charge in [-0.3, -0.25) is 4.79 Å². The molecule has 0 saturated heterocycles. The molecule has 96 valence electrons. The van der Waals surface area contributed by atoms with Crippen LogP contribution >= 0.6 is 0 Å². The van der Waals surface area contributed by atoms with Crippen LogP contribution < -0.4 is 5.32 Å². The predicted octanol–water partition coefficient (Wildman–Crippen LogP) is 1.22. The van der Waals surface area contributed by atoms with E-state index in [1.165, 1.54) is 6.92 Å².